The number of carboxylic acid groups (broad SMARTS) is 1. The highest BCUT2D eigenvalue weighted by Gasteiger charge is 2.56. The quantitative estimate of drug-likeness (QED) is 0.300. The van der Waals surface area contributed by atoms with Crippen LogP contribution in [0.1, 0.15) is 59.1 Å². The Morgan fingerprint density at radius 3 is 2.52 bits per heavy atom. The van der Waals surface area contributed by atoms with Crippen molar-refractivity contribution in [2.45, 2.75) is 64.0 Å². The largest absolute Gasteiger partial charge is 0.465 e. The van der Waals surface area contributed by atoms with E-state index in [1.807, 2.05) is 13.8 Å². The van der Waals surface area contributed by atoms with Crippen LogP contribution in [-0.4, -0.2) is 44.9 Å². The first-order valence-corrected chi connectivity index (χ1v) is 10.6. The van der Waals surface area contributed by atoms with E-state index < -0.39 is 34.0 Å². The van der Waals surface area contributed by atoms with Crippen molar-refractivity contribution < 1.29 is 24.4 Å². The fraction of sp³-hybridized carbons (Fsp3) is 0.600. The van der Waals surface area contributed by atoms with Crippen LogP contribution in [0.3, 0.4) is 0 Å². The van der Waals surface area contributed by atoms with Crippen LogP contribution in [0.4, 0.5) is 10.5 Å². The van der Waals surface area contributed by atoms with Gasteiger partial charge < -0.3 is 14.7 Å². The van der Waals surface area contributed by atoms with Crippen LogP contribution in [0.25, 0.3) is 0 Å². The summed E-state index contributed by atoms with van der Waals surface area (Å²) in [6.07, 6.45) is -0.503. The maximum absolute atomic E-state index is 13.3. The molecule has 2 unspecified atom stereocenters. The summed E-state index contributed by atoms with van der Waals surface area (Å²) in [5, 5.41) is 21.2. The van der Waals surface area contributed by atoms with Crippen LogP contribution >= 0.6 is 11.8 Å². The van der Waals surface area contributed by atoms with Crippen molar-refractivity contribution in [2.24, 2.45) is 5.41 Å². The number of carbonyl (C=O) groups is 2. The van der Waals surface area contributed by atoms with Crippen LogP contribution in [0, 0.1) is 15.5 Å². The number of nitro groups is 1. The first kappa shape index (κ1) is 23.0. The zero-order valence-electron chi connectivity index (χ0n) is 17.4. The molecule has 1 aliphatic heterocycles. The maximum atomic E-state index is 13.3. The number of non-ortho nitro benzene ring substituents is 1. The van der Waals surface area contributed by atoms with E-state index in [1.54, 1.807) is 26.8 Å². The van der Waals surface area contributed by atoms with Crippen LogP contribution in [0.15, 0.2) is 23.1 Å². The molecule has 0 spiro atoms. The maximum Gasteiger partial charge on any atom is 0.407 e. The van der Waals surface area contributed by atoms with E-state index in [9.17, 15) is 24.8 Å². The summed E-state index contributed by atoms with van der Waals surface area (Å²) in [4.78, 5) is 38.1. The Morgan fingerprint density at radius 1 is 1.38 bits per heavy atom. The second-order valence-corrected chi connectivity index (χ2v) is 9.36. The van der Waals surface area contributed by atoms with E-state index in [4.69, 9.17) is 4.74 Å². The summed E-state index contributed by atoms with van der Waals surface area (Å²) >= 11 is 1.46. The van der Waals surface area contributed by atoms with Crippen LogP contribution in [0.5, 0.6) is 0 Å². The summed E-state index contributed by atoms with van der Waals surface area (Å²) in [5.74, 6) is 0.232. The Hall–Kier alpha value is -2.29. The molecule has 1 saturated heterocycles. The first-order chi connectivity index (χ1) is 13.5. The molecule has 0 radical (unpaired) electrons. The van der Waals surface area contributed by atoms with Gasteiger partial charge in [0.1, 0.15) is 5.60 Å². The minimum atomic E-state index is -1.16. The number of ether oxygens (including phenoxy) is 1. The first-order valence-electron chi connectivity index (χ1n) is 9.61. The van der Waals surface area contributed by atoms with Crippen LogP contribution in [0.2, 0.25) is 0 Å². The van der Waals surface area contributed by atoms with Crippen molar-refractivity contribution in [3.8, 4) is 0 Å². The number of carbonyl (C=O) groups excluding carboxylic acids is 1. The molecule has 1 N–H and O–H groups in total. The second-order valence-electron chi connectivity index (χ2n) is 8.05. The molecule has 9 heteroatoms. The Bertz CT molecular complexity index is 807. The predicted octanol–water partition coefficient (Wildman–Crippen LogP) is 4.87. The number of amides is 1. The van der Waals surface area contributed by atoms with Crippen molar-refractivity contribution in [1.82, 2.24) is 4.90 Å². The lowest BCUT2D eigenvalue weighted by atomic mass is 9.74. The monoisotopic (exact) mass is 424 g/mol. The van der Waals surface area contributed by atoms with Crippen molar-refractivity contribution in [2.75, 3.05) is 12.3 Å². The van der Waals surface area contributed by atoms with Crippen molar-refractivity contribution in [1.29, 1.82) is 0 Å². The smallest absolute Gasteiger partial charge is 0.407 e. The standard InChI is InChI=1S/C20H28N2O6S/c1-6-20(17(23)28-19(3,4)5)10-11-21(18(24)25)16(20)14-12-13(22(26)27)8-9-15(14)29-7-2/h8-9,12,16H,6-7,10-11H2,1-5H3,(H,24,25). The van der Waals surface area contributed by atoms with E-state index >= 15 is 0 Å². The van der Waals surface area contributed by atoms with Gasteiger partial charge >= 0.3 is 12.1 Å². The molecule has 0 saturated carbocycles. The summed E-state index contributed by atoms with van der Waals surface area (Å²) in [6.45, 7) is 9.22. The highest BCUT2D eigenvalue weighted by molar-refractivity contribution is 7.99. The molecule has 1 heterocycles. The van der Waals surface area contributed by atoms with Gasteiger partial charge in [0.05, 0.1) is 16.4 Å². The zero-order chi connectivity index (χ0) is 22.0. The third-order valence-electron chi connectivity index (χ3n) is 5.11. The van der Waals surface area contributed by atoms with Crippen LogP contribution < -0.4 is 0 Å². The molecule has 0 aliphatic carbocycles. The number of hydrogen-bond acceptors (Lipinski definition) is 6. The highest BCUT2D eigenvalue weighted by atomic mass is 32.2. The minimum Gasteiger partial charge on any atom is -0.465 e. The molecule has 1 aliphatic rings. The second kappa shape index (κ2) is 8.61. The molecule has 8 nitrogen and oxygen atoms in total. The average Bonchev–Trinajstić information content (AvgIpc) is 3.01. The van der Waals surface area contributed by atoms with Crippen molar-refractivity contribution in [3.63, 3.8) is 0 Å². The zero-order valence-corrected chi connectivity index (χ0v) is 18.2. The van der Waals surface area contributed by atoms with E-state index in [2.05, 4.69) is 0 Å². The van der Waals surface area contributed by atoms with Gasteiger partial charge in [-0.3, -0.25) is 14.9 Å². The van der Waals surface area contributed by atoms with E-state index in [-0.39, 0.29) is 12.2 Å². The molecule has 1 fully saturated rings. The number of esters is 1. The fourth-order valence-corrected chi connectivity index (χ4v) is 4.63. The Kier molecular flexibility index (Phi) is 6.82. The van der Waals surface area contributed by atoms with E-state index in [0.717, 1.165) is 4.90 Å². The fourth-order valence-electron chi connectivity index (χ4n) is 3.81. The van der Waals surface area contributed by atoms with Gasteiger partial charge in [0.15, 0.2) is 0 Å². The lowest BCUT2D eigenvalue weighted by Crippen LogP contribution is -2.43. The normalized spacial score (nSPS) is 21.8. The molecule has 29 heavy (non-hydrogen) atoms. The topological polar surface area (TPSA) is 110 Å². The number of rotatable bonds is 6. The van der Waals surface area contributed by atoms with Gasteiger partial charge in [0.2, 0.25) is 0 Å². The van der Waals surface area contributed by atoms with Crippen molar-refractivity contribution >= 4 is 29.5 Å². The van der Waals surface area contributed by atoms with E-state index in [1.165, 1.54) is 28.8 Å². The van der Waals surface area contributed by atoms with Gasteiger partial charge in [-0.25, -0.2) is 4.79 Å². The van der Waals surface area contributed by atoms with Crippen molar-refractivity contribution in [3.05, 3.63) is 33.9 Å². The SMILES string of the molecule is CCSc1ccc([N+](=O)[O-])cc1C1N(C(=O)O)CCC1(CC)C(=O)OC(C)(C)C. The molecule has 1 aromatic carbocycles. The van der Waals surface area contributed by atoms with Gasteiger partial charge in [0, 0.05) is 23.6 Å². The molecule has 160 valence electrons. The molecular weight excluding hydrogens is 396 g/mol. The summed E-state index contributed by atoms with van der Waals surface area (Å²) in [5.41, 5.74) is -1.49. The lowest BCUT2D eigenvalue weighted by Gasteiger charge is -2.37. The summed E-state index contributed by atoms with van der Waals surface area (Å²) in [6, 6.07) is 3.59. The Labute approximate surface area is 174 Å². The number of thioether (sulfide) groups is 1. The minimum absolute atomic E-state index is 0.133. The highest BCUT2D eigenvalue weighted by Crippen LogP contribution is 2.53. The molecule has 2 rings (SSSR count). The number of benzene rings is 1. The number of hydrogen-bond donors (Lipinski definition) is 1. The predicted molar refractivity (Wildman–Crippen MR) is 110 cm³/mol. The van der Waals surface area contributed by atoms with E-state index in [0.29, 0.717) is 24.2 Å². The number of nitro benzene ring substituents is 1. The Morgan fingerprint density at radius 2 is 2.03 bits per heavy atom. The molecule has 1 amide bonds. The lowest BCUT2D eigenvalue weighted by molar-refractivity contribution is -0.385. The van der Waals surface area contributed by atoms with Gasteiger partial charge in [-0.1, -0.05) is 13.8 Å². The van der Waals surface area contributed by atoms with Gasteiger partial charge in [-0.15, -0.1) is 11.8 Å². The summed E-state index contributed by atoms with van der Waals surface area (Å²) < 4.78 is 5.67. The Balaban J connectivity index is 2.70. The molecular formula is C20H28N2O6S. The van der Waals surface area contributed by atoms with Gasteiger partial charge in [-0.2, -0.15) is 0 Å². The molecule has 0 aromatic heterocycles. The molecule has 1 aromatic rings. The molecule has 2 atom stereocenters. The summed E-state index contributed by atoms with van der Waals surface area (Å²) in [7, 11) is 0. The van der Waals surface area contributed by atoms with Gasteiger partial charge in [-0.05, 0) is 51.0 Å². The average molecular weight is 425 g/mol. The number of nitrogens with zero attached hydrogens (tertiary/aromatic N) is 2. The third-order valence-corrected chi connectivity index (χ3v) is 6.09. The third kappa shape index (κ3) is 4.66. The molecule has 0 bridgehead atoms. The number of likely N-dealkylation sites (tertiary alicyclic amines) is 1. The van der Waals surface area contributed by atoms with Crippen LogP contribution in [-0.2, 0) is 9.53 Å². The van der Waals surface area contributed by atoms with Gasteiger partial charge in [0.25, 0.3) is 5.69 Å².